The van der Waals surface area contributed by atoms with Crippen molar-refractivity contribution in [1.29, 1.82) is 0 Å². The molecule has 0 bridgehead atoms. The molecule has 2 fully saturated rings. The van der Waals surface area contributed by atoms with E-state index in [-0.39, 0.29) is 62.4 Å². The van der Waals surface area contributed by atoms with E-state index in [0.717, 1.165) is 12.1 Å². The number of hydrogen-bond donors (Lipinski definition) is 0. The number of fused-ring (bicyclic) bond motifs is 1. The second-order valence-electron chi connectivity index (χ2n) is 8.88. The first-order chi connectivity index (χ1) is 18.3. The zero-order valence-electron chi connectivity index (χ0n) is 21.5. The fourth-order valence-corrected chi connectivity index (χ4v) is 4.37. The van der Waals surface area contributed by atoms with E-state index in [2.05, 4.69) is 0 Å². The smallest absolute Gasteiger partial charge is 0.416 e. The van der Waals surface area contributed by atoms with Gasteiger partial charge in [0.25, 0.3) is 0 Å². The van der Waals surface area contributed by atoms with Crippen molar-refractivity contribution in [2.24, 2.45) is 11.8 Å². The highest BCUT2D eigenvalue weighted by Gasteiger charge is 2.49. The Labute approximate surface area is 220 Å². The molecule has 1 heterocycles. The number of methoxy groups -OCH3 is 2. The lowest BCUT2D eigenvalue weighted by Crippen LogP contribution is -2.25. The fourth-order valence-electron chi connectivity index (χ4n) is 4.37. The summed E-state index contributed by atoms with van der Waals surface area (Å²) in [5, 5.41) is 0. The average Bonchev–Trinajstić information content (AvgIpc) is 3.40. The van der Waals surface area contributed by atoms with Gasteiger partial charge in [0.05, 0.1) is 44.5 Å². The largest absolute Gasteiger partial charge is 0.491 e. The van der Waals surface area contributed by atoms with Gasteiger partial charge in [0, 0.05) is 32.5 Å². The van der Waals surface area contributed by atoms with Crippen LogP contribution in [0.1, 0.15) is 18.4 Å². The van der Waals surface area contributed by atoms with Crippen LogP contribution in [0.5, 0.6) is 5.75 Å². The monoisotopic (exact) mass is 548 g/mol. The Morgan fingerprint density at radius 2 is 1.82 bits per heavy atom. The molecule has 0 unspecified atom stereocenters. The zero-order chi connectivity index (χ0) is 27.4. The molecule has 9 nitrogen and oxygen atoms in total. The maximum Gasteiger partial charge on any atom is 0.416 e. The molecule has 1 aromatic rings. The molecule has 214 valence electrons. The van der Waals surface area contributed by atoms with E-state index >= 15 is 0 Å². The summed E-state index contributed by atoms with van der Waals surface area (Å²) in [6.07, 6.45) is -1.18. The SMILES string of the molecule is COCCOCO[C@H](C=C[C@@H]1[C@H]2CC(=O)O[C@H]2C[C@H]1OCOCCOC)COc1cccc(C(F)(F)F)c1. The average molecular weight is 549 g/mol. The number of rotatable bonds is 17. The van der Waals surface area contributed by atoms with Gasteiger partial charge in [0.1, 0.15) is 38.2 Å². The number of alkyl halides is 3. The normalized spacial score (nSPS) is 24.1. The highest BCUT2D eigenvalue weighted by Crippen LogP contribution is 2.43. The number of ether oxygens (including phenoxy) is 8. The molecule has 0 spiro atoms. The topological polar surface area (TPSA) is 90.9 Å². The van der Waals surface area contributed by atoms with Crippen molar-refractivity contribution in [2.45, 2.75) is 37.3 Å². The zero-order valence-corrected chi connectivity index (χ0v) is 21.5. The van der Waals surface area contributed by atoms with E-state index in [4.69, 9.17) is 37.9 Å². The van der Waals surface area contributed by atoms with E-state index in [1.807, 2.05) is 6.08 Å². The quantitative estimate of drug-likeness (QED) is 0.125. The van der Waals surface area contributed by atoms with Crippen LogP contribution in [0.4, 0.5) is 13.2 Å². The molecule has 0 N–H and O–H groups in total. The molecule has 12 heteroatoms. The van der Waals surface area contributed by atoms with Gasteiger partial charge in [0.2, 0.25) is 0 Å². The van der Waals surface area contributed by atoms with Crippen LogP contribution in [0.3, 0.4) is 0 Å². The second kappa shape index (κ2) is 15.4. The Kier molecular flexibility index (Phi) is 12.3. The van der Waals surface area contributed by atoms with Gasteiger partial charge in [-0.3, -0.25) is 4.79 Å². The third-order valence-electron chi connectivity index (χ3n) is 6.27. The van der Waals surface area contributed by atoms with Gasteiger partial charge in [-0.05, 0) is 18.2 Å². The molecular formula is C26H35F3O9. The van der Waals surface area contributed by atoms with Crippen molar-refractivity contribution in [3.8, 4) is 5.75 Å². The minimum atomic E-state index is -4.48. The number of benzene rings is 1. The molecule has 0 amide bonds. The Balaban J connectivity index is 1.65. The summed E-state index contributed by atoms with van der Waals surface area (Å²) in [4.78, 5) is 11.9. The van der Waals surface area contributed by atoms with Crippen LogP contribution in [0, 0.1) is 11.8 Å². The number of esters is 1. The maximum atomic E-state index is 13.1. The summed E-state index contributed by atoms with van der Waals surface area (Å²) < 4.78 is 82.7. The Morgan fingerprint density at radius 3 is 2.53 bits per heavy atom. The lowest BCUT2D eigenvalue weighted by molar-refractivity contribution is -0.143. The van der Waals surface area contributed by atoms with Gasteiger partial charge in [-0.1, -0.05) is 18.2 Å². The van der Waals surface area contributed by atoms with Crippen molar-refractivity contribution in [3.63, 3.8) is 0 Å². The van der Waals surface area contributed by atoms with E-state index < -0.39 is 17.8 Å². The Hall–Kier alpha value is -2.22. The van der Waals surface area contributed by atoms with Crippen LogP contribution in [0.2, 0.25) is 0 Å². The summed E-state index contributed by atoms with van der Waals surface area (Å²) in [7, 11) is 3.13. The highest BCUT2D eigenvalue weighted by molar-refractivity contribution is 5.72. The molecule has 38 heavy (non-hydrogen) atoms. The van der Waals surface area contributed by atoms with Gasteiger partial charge < -0.3 is 37.9 Å². The van der Waals surface area contributed by atoms with E-state index in [0.29, 0.717) is 32.8 Å². The molecule has 1 saturated carbocycles. The van der Waals surface area contributed by atoms with Gasteiger partial charge in [-0.2, -0.15) is 13.2 Å². The third-order valence-corrected chi connectivity index (χ3v) is 6.27. The van der Waals surface area contributed by atoms with Crippen molar-refractivity contribution in [1.82, 2.24) is 0 Å². The summed E-state index contributed by atoms with van der Waals surface area (Å²) in [6.45, 7) is 1.46. The predicted molar refractivity (Wildman–Crippen MR) is 127 cm³/mol. The van der Waals surface area contributed by atoms with Crippen LogP contribution in [0.15, 0.2) is 36.4 Å². The van der Waals surface area contributed by atoms with Crippen LogP contribution in [-0.2, 0) is 44.1 Å². The number of carbonyl (C=O) groups excluding carboxylic acids is 1. The lowest BCUT2D eigenvalue weighted by atomic mass is 9.91. The summed E-state index contributed by atoms with van der Waals surface area (Å²) in [5.74, 6) is -0.412. The number of hydrogen-bond acceptors (Lipinski definition) is 9. The minimum absolute atomic E-state index is 0.0622. The molecule has 0 aromatic heterocycles. The number of halogens is 3. The molecule has 2 aliphatic rings. The van der Waals surface area contributed by atoms with E-state index in [1.165, 1.54) is 12.1 Å². The summed E-state index contributed by atoms with van der Waals surface area (Å²) >= 11 is 0. The van der Waals surface area contributed by atoms with Crippen LogP contribution < -0.4 is 4.74 Å². The molecular weight excluding hydrogens is 513 g/mol. The molecule has 1 saturated heterocycles. The van der Waals surface area contributed by atoms with Crippen molar-refractivity contribution in [2.75, 3.05) is 60.8 Å². The third kappa shape index (κ3) is 9.51. The standard InChI is InChI=1S/C26H35F3O9/c1-31-8-10-33-16-36-20(15-35-19-5-3-4-18(12-19)26(27,28)29)6-7-21-22-13-25(30)38-24(22)14-23(21)37-17-34-11-9-32-2/h3-7,12,20-24H,8-11,13-17H2,1-2H3/t20-,21-,22-,23-,24+/m1/s1. The fraction of sp³-hybridized carbons (Fsp3) is 0.654. The maximum absolute atomic E-state index is 13.1. The van der Waals surface area contributed by atoms with Gasteiger partial charge >= 0.3 is 12.1 Å². The molecule has 5 atom stereocenters. The lowest BCUT2D eigenvalue weighted by Gasteiger charge is -2.21. The van der Waals surface area contributed by atoms with Crippen LogP contribution in [0.25, 0.3) is 0 Å². The van der Waals surface area contributed by atoms with E-state index in [9.17, 15) is 18.0 Å². The first-order valence-electron chi connectivity index (χ1n) is 12.4. The minimum Gasteiger partial charge on any atom is -0.491 e. The van der Waals surface area contributed by atoms with E-state index in [1.54, 1.807) is 20.3 Å². The first-order valence-corrected chi connectivity index (χ1v) is 12.4. The second-order valence-corrected chi connectivity index (χ2v) is 8.88. The predicted octanol–water partition coefficient (Wildman–Crippen LogP) is 3.60. The van der Waals surface area contributed by atoms with Crippen molar-refractivity contribution < 1.29 is 55.9 Å². The molecule has 1 aliphatic heterocycles. The Bertz CT molecular complexity index is 880. The summed E-state index contributed by atoms with van der Waals surface area (Å²) in [6, 6.07) is 4.64. The molecule has 0 radical (unpaired) electrons. The van der Waals surface area contributed by atoms with Crippen LogP contribution >= 0.6 is 0 Å². The van der Waals surface area contributed by atoms with Gasteiger partial charge in [0.15, 0.2) is 0 Å². The van der Waals surface area contributed by atoms with Crippen LogP contribution in [-0.4, -0.2) is 85.1 Å². The molecule has 1 aromatic carbocycles. The highest BCUT2D eigenvalue weighted by atomic mass is 19.4. The first kappa shape index (κ1) is 30.3. The molecule has 3 rings (SSSR count). The van der Waals surface area contributed by atoms with Crippen molar-refractivity contribution >= 4 is 5.97 Å². The van der Waals surface area contributed by atoms with Gasteiger partial charge in [-0.25, -0.2) is 0 Å². The number of carbonyl (C=O) groups is 1. The molecule has 1 aliphatic carbocycles. The summed E-state index contributed by atoms with van der Waals surface area (Å²) in [5.41, 5.74) is -0.804. The van der Waals surface area contributed by atoms with Gasteiger partial charge in [-0.15, -0.1) is 0 Å². The van der Waals surface area contributed by atoms with Crippen molar-refractivity contribution in [3.05, 3.63) is 42.0 Å². The Morgan fingerprint density at radius 1 is 1.08 bits per heavy atom.